The van der Waals surface area contributed by atoms with E-state index in [9.17, 15) is 26.3 Å². The zero-order chi connectivity index (χ0) is 23.9. The van der Waals surface area contributed by atoms with Gasteiger partial charge in [0.05, 0.1) is 17.2 Å². The van der Waals surface area contributed by atoms with Crippen LogP contribution in [0.15, 0.2) is 18.2 Å². The number of anilines is 1. The molecule has 5 nitrogen and oxygen atoms in total. The van der Waals surface area contributed by atoms with E-state index in [0.717, 1.165) is 38.5 Å². The molecule has 1 saturated carbocycles. The van der Waals surface area contributed by atoms with Crippen molar-refractivity contribution in [3.8, 4) is 6.07 Å². The maximum Gasteiger partial charge on any atom is 0.490 e. The largest absolute Gasteiger partial charge is 0.490 e. The average Bonchev–Trinajstić information content (AvgIpc) is 3.55. The highest BCUT2D eigenvalue weighted by Crippen LogP contribution is 2.39. The van der Waals surface area contributed by atoms with Gasteiger partial charge in [0, 0.05) is 25.3 Å². The van der Waals surface area contributed by atoms with Gasteiger partial charge in [-0.05, 0) is 62.9 Å². The topological polar surface area (TPSA) is 67.6 Å². The molecule has 0 radical (unpaired) electrons. The van der Waals surface area contributed by atoms with Gasteiger partial charge in [0.25, 0.3) is 0 Å². The third kappa shape index (κ3) is 8.22. The Kier molecular flexibility index (Phi) is 8.78. The Morgan fingerprint density at radius 2 is 1.72 bits per heavy atom. The molecule has 1 aromatic rings. The van der Waals surface area contributed by atoms with E-state index in [1.807, 2.05) is 11.0 Å². The monoisotopic (exact) mass is 465 g/mol. The van der Waals surface area contributed by atoms with Crippen LogP contribution in [-0.4, -0.2) is 54.9 Å². The van der Waals surface area contributed by atoms with Crippen molar-refractivity contribution < 1.29 is 36.2 Å². The molecule has 0 bridgehead atoms. The minimum absolute atomic E-state index is 0.0541. The van der Waals surface area contributed by atoms with E-state index in [4.69, 9.17) is 15.2 Å². The maximum absolute atomic E-state index is 13.5. The van der Waals surface area contributed by atoms with Crippen LogP contribution < -0.4 is 4.90 Å². The average molecular weight is 465 g/mol. The number of halogens is 6. The number of nitriles is 1. The number of hydrogen-bond donors (Lipinski definition) is 1. The van der Waals surface area contributed by atoms with E-state index >= 15 is 0 Å². The van der Waals surface area contributed by atoms with Crippen molar-refractivity contribution in [2.45, 2.75) is 44.5 Å². The first-order valence-electron chi connectivity index (χ1n) is 10.3. The number of rotatable bonds is 6. The second-order valence-electron chi connectivity index (χ2n) is 7.94. The van der Waals surface area contributed by atoms with Crippen LogP contribution in [-0.2, 0) is 11.0 Å². The fourth-order valence-electron chi connectivity index (χ4n) is 3.48. The summed E-state index contributed by atoms with van der Waals surface area (Å²) in [6, 6.07) is 5.76. The highest BCUT2D eigenvalue weighted by atomic mass is 19.4. The molecule has 1 heterocycles. The van der Waals surface area contributed by atoms with Crippen LogP contribution >= 0.6 is 0 Å². The molecule has 1 aromatic carbocycles. The zero-order valence-electron chi connectivity index (χ0n) is 17.3. The predicted octanol–water partition coefficient (Wildman–Crippen LogP) is 4.91. The first-order valence-corrected chi connectivity index (χ1v) is 10.3. The number of carboxylic acid groups (broad SMARTS) is 1. The fraction of sp³-hybridized carbons (Fsp3) is 0.619. The maximum atomic E-state index is 13.5. The summed E-state index contributed by atoms with van der Waals surface area (Å²) in [6.07, 6.45) is -3.75. The molecule has 32 heavy (non-hydrogen) atoms. The van der Waals surface area contributed by atoms with Crippen LogP contribution in [0, 0.1) is 17.2 Å². The molecule has 0 atom stereocenters. The molecule has 11 heteroatoms. The molecule has 1 N–H and O–H groups in total. The minimum Gasteiger partial charge on any atom is -0.475 e. The minimum atomic E-state index is -5.08. The third-order valence-electron chi connectivity index (χ3n) is 5.32. The normalized spacial score (nSPS) is 17.2. The third-order valence-corrected chi connectivity index (χ3v) is 5.32. The Morgan fingerprint density at radius 1 is 1.12 bits per heavy atom. The number of likely N-dealkylation sites (tertiary alicyclic amines) is 1. The summed E-state index contributed by atoms with van der Waals surface area (Å²) in [5.41, 5.74) is -0.417. The van der Waals surface area contributed by atoms with Crippen molar-refractivity contribution in [2.75, 3.05) is 37.6 Å². The number of piperidine rings is 1. The van der Waals surface area contributed by atoms with Crippen molar-refractivity contribution >= 4 is 11.7 Å². The Hall–Kier alpha value is -2.48. The summed E-state index contributed by atoms with van der Waals surface area (Å²) < 4.78 is 72.3. The summed E-state index contributed by atoms with van der Waals surface area (Å²) in [7, 11) is 0. The molecular weight excluding hydrogens is 440 g/mol. The molecule has 0 amide bonds. The molecule has 178 valence electrons. The van der Waals surface area contributed by atoms with E-state index < -0.39 is 23.9 Å². The molecule has 3 rings (SSSR count). The lowest BCUT2D eigenvalue weighted by atomic mass is 10.1. The Labute approximate surface area is 182 Å². The second-order valence-corrected chi connectivity index (χ2v) is 7.94. The number of nitrogens with zero attached hydrogens (tertiary/aromatic N) is 3. The lowest BCUT2D eigenvalue weighted by molar-refractivity contribution is -0.192. The number of aliphatic carboxylic acids is 1. The highest BCUT2D eigenvalue weighted by molar-refractivity contribution is 5.73. The quantitative estimate of drug-likeness (QED) is 0.605. The van der Waals surface area contributed by atoms with Crippen molar-refractivity contribution in [3.63, 3.8) is 0 Å². The Bertz CT molecular complexity index is 809. The van der Waals surface area contributed by atoms with Crippen LogP contribution in [0.4, 0.5) is 32.0 Å². The van der Waals surface area contributed by atoms with Crippen molar-refractivity contribution in [1.82, 2.24) is 4.90 Å². The van der Waals surface area contributed by atoms with Gasteiger partial charge in [-0.1, -0.05) is 6.42 Å². The molecule has 2 aliphatic rings. The van der Waals surface area contributed by atoms with Crippen LogP contribution in [0.2, 0.25) is 0 Å². The summed E-state index contributed by atoms with van der Waals surface area (Å²) in [6.45, 7) is 4.14. The number of alkyl halides is 6. The molecule has 1 saturated heterocycles. The van der Waals surface area contributed by atoms with Gasteiger partial charge in [-0.15, -0.1) is 0 Å². The van der Waals surface area contributed by atoms with Crippen LogP contribution in [0.1, 0.15) is 43.2 Å². The first kappa shape index (κ1) is 25.8. The van der Waals surface area contributed by atoms with Crippen molar-refractivity contribution in [3.05, 3.63) is 29.3 Å². The van der Waals surface area contributed by atoms with E-state index in [-0.39, 0.29) is 11.3 Å². The first-order chi connectivity index (χ1) is 14.9. The van der Waals surface area contributed by atoms with E-state index in [1.54, 1.807) is 0 Å². The molecule has 1 aliphatic carbocycles. The van der Waals surface area contributed by atoms with E-state index in [1.165, 1.54) is 31.4 Å². The van der Waals surface area contributed by atoms with E-state index in [2.05, 4.69) is 4.90 Å². The standard InChI is InChI=1S/C19H24F3N3.C2HF3O2/c20-19(21,22)17-12-16(13-23)6-7-18(17)25(14-15-4-5-15)11-10-24-8-2-1-3-9-24;3-2(4,5)1(6)7/h6-7,12,15H,1-5,8-11,14H2;(H,6,7). The van der Waals surface area contributed by atoms with Gasteiger partial charge >= 0.3 is 18.3 Å². The molecule has 0 aromatic heterocycles. The van der Waals surface area contributed by atoms with Gasteiger partial charge in [-0.3, -0.25) is 0 Å². The Balaban J connectivity index is 0.000000451. The molecule has 0 spiro atoms. The molecule has 1 aliphatic heterocycles. The zero-order valence-corrected chi connectivity index (χ0v) is 17.3. The van der Waals surface area contributed by atoms with Gasteiger partial charge in [-0.25, -0.2) is 4.79 Å². The summed E-state index contributed by atoms with van der Waals surface area (Å²) in [5, 5.41) is 16.1. The lowest BCUT2D eigenvalue weighted by Gasteiger charge is -2.32. The van der Waals surface area contributed by atoms with Crippen LogP contribution in [0.5, 0.6) is 0 Å². The second kappa shape index (κ2) is 10.9. The lowest BCUT2D eigenvalue weighted by Crippen LogP contribution is -2.39. The van der Waals surface area contributed by atoms with Gasteiger partial charge in [-0.2, -0.15) is 31.6 Å². The molecular formula is C21H25F6N3O2. The number of benzene rings is 1. The van der Waals surface area contributed by atoms with Crippen LogP contribution in [0.3, 0.4) is 0 Å². The predicted molar refractivity (Wildman–Crippen MR) is 105 cm³/mol. The van der Waals surface area contributed by atoms with E-state index in [0.29, 0.717) is 19.0 Å². The summed E-state index contributed by atoms with van der Waals surface area (Å²) >= 11 is 0. The van der Waals surface area contributed by atoms with Crippen molar-refractivity contribution in [1.29, 1.82) is 5.26 Å². The number of hydrogen-bond acceptors (Lipinski definition) is 4. The molecule has 2 fully saturated rings. The van der Waals surface area contributed by atoms with Gasteiger partial charge in [0.1, 0.15) is 0 Å². The Morgan fingerprint density at radius 3 is 2.19 bits per heavy atom. The fourth-order valence-corrected chi connectivity index (χ4v) is 3.48. The van der Waals surface area contributed by atoms with Gasteiger partial charge in [0.15, 0.2) is 0 Å². The van der Waals surface area contributed by atoms with Crippen molar-refractivity contribution in [2.24, 2.45) is 5.92 Å². The molecule has 0 unspecified atom stereocenters. The summed E-state index contributed by atoms with van der Waals surface area (Å²) in [4.78, 5) is 13.1. The van der Waals surface area contributed by atoms with Crippen LogP contribution in [0.25, 0.3) is 0 Å². The summed E-state index contributed by atoms with van der Waals surface area (Å²) in [5.74, 6) is -2.26. The number of carboxylic acids is 1. The smallest absolute Gasteiger partial charge is 0.475 e. The highest BCUT2D eigenvalue weighted by Gasteiger charge is 2.38. The SMILES string of the molecule is N#Cc1ccc(N(CCN2CCCCC2)CC2CC2)c(C(F)(F)F)c1.O=C(O)C(F)(F)F. The number of carbonyl (C=O) groups is 1. The van der Waals surface area contributed by atoms with Gasteiger partial charge < -0.3 is 14.9 Å². The van der Waals surface area contributed by atoms with Gasteiger partial charge in [0.2, 0.25) is 0 Å².